The number of hydrogen-bond donors (Lipinski definition) is 0. The molecule has 5 aromatic heterocycles. The first-order chi connectivity index (χ1) is 39.5. The van der Waals surface area contributed by atoms with E-state index in [0.717, 1.165) is 45.4 Å². The van der Waals surface area contributed by atoms with Crippen molar-refractivity contribution in [1.29, 1.82) is 0 Å². The van der Waals surface area contributed by atoms with Gasteiger partial charge in [-0.1, -0.05) is 104 Å². The van der Waals surface area contributed by atoms with Crippen molar-refractivity contribution in [2.45, 2.75) is 84.7 Å². The van der Waals surface area contributed by atoms with Crippen LogP contribution >= 0.6 is 0 Å². The Morgan fingerprint density at radius 2 is 0.988 bits per heavy atom. The molecule has 0 aliphatic heterocycles. The number of aromatic nitrogens is 7. The van der Waals surface area contributed by atoms with Gasteiger partial charge in [0, 0.05) is 47.3 Å². The largest absolute Gasteiger partial charge is 2.00 e. The van der Waals surface area contributed by atoms with Gasteiger partial charge >= 0.3 is 25.7 Å². The third-order valence-electron chi connectivity index (χ3n) is 13.0. The first-order valence-corrected chi connectivity index (χ1v) is 26.2. The van der Waals surface area contributed by atoms with Gasteiger partial charge in [-0.15, -0.1) is 35.4 Å². The number of hydrogen-bond acceptors (Lipinski definition) is 13. The Bertz CT molecular complexity index is 3630. The molecule has 0 saturated heterocycles. The molecule has 0 aliphatic rings. The molecule has 18 heteroatoms. The molecule has 0 aliphatic carbocycles. The minimum Gasteiger partial charge on any atom is -0.573 e. The van der Waals surface area contributed by atoms with Gasteiger partial charge in [0.15, 0.2) is 0 Å². The van der Waals surface area contributed by atoms with E-state index in [2.05, 4.69) is 161 Å². The first kappa shape index (κ1) is 62.3. The summed E-state index contributed by atoms with van der Waals surface area (Å²) in [7, 11) is 0. The molecule has 4 aromatic carbocycles. The summed E-state index contributed by atoms with van der Waals surface area (Å²) in [5.74, 6) is 0.585. The molecule has 0 saturated carbocycles. The van der Waals surface area contributed by atoms with Crippen LogP contribution in [-0.4, -0.2) is 49.4 Å². The number of alkyl halides is 3. The molecule has 14 nitrogen and oxygen atoms in total. The van der Waals surface area contributed by atoms with Crippen LogP contribution in [0.4, 0.5) is 30.2 Å². The van der Waals surface area contributed by atoms with Crippen LogP contribution in [-0.2, 0) is 65.8 Å². The zero-order valence-electron chi connectivity index (χ0n) is 47.5. The fourth-order valence-corrected chi connectivity index (χ4v) is 8.46. The summed E-state index contributed by atoms with van der Waals surface area (Å²) in [5.41, 5.74) is 10.9. The second-order valence-electron chi connectivity index (χ2n) is 22.1. The van der Waals surface area contributed by atoms with Crippen molar-refractivity contribution in [1.82, 2.24) is 35.1 Å². The molecule has 0 bridgehead atoms. The smallest absolute Gasteiger partial charge is 0.573 e. The summed E-state index contributed by atoms with van der Waals surface area (Å²) in [6, 6.07) is 46.9. The maximum absolute atomic E-state index is 13.5. The molecule has 5 heterocycles. The number of halogens is 3. The number of pyridine rings is 3. The van der Waals surface area contributed by atoms with Crippen LogP contribution in [0.5, 0.6) is 5.75 Å². The zero-order chi connectivity index (χ0) is 59.5. The molecule has 0 amide bonds. The van der Waals surface area contributed by atoms with Crippen LogP contribution in [0.25, 0.3) is 69.0 Å². The van der Waals surface area contributed by atoms with E-state index >= 15 is 0 Å². The van der Waals surface area contributed by atoms with Crippen LogP contribution in [0, 0.1) is 6.07 Å². The van der Waals surface area contributed by atoms with Crippen molar-refractivity contribution in [3.63, 3.8) is 0 Å². The molecule has 0 fully saturated rings. The summed E-state index contributed by atoms with van der Waals surface area (Å²) in [5, 5.41) is 7.22. The van der Waals surface area contributed by atoms with E-state index in [-0.39, 0.29) is 52.9 Å². The van der Waals surface area contributed by atoms with Crippen LogP contribution in [0.15, 0.2) is 164 Å². The van der Waals surface area contributed by atoms with Crippen LogP contribution in [0.2, 0.25) is 0 Å². The van der Waals surface area contributed by atoms with Gasteiger partial charge in [-0.2, -0.15) is 13.2 Å². The molecule has 0 radical (unpaired) electrons. The fourth-order valence-electron chi connectivity index (χ4n) is 8.46. The monoisotopic (exact) mass is 1220 g/mol. The summed E-state index contributed by atoms with van der Waals surface area (Å²) < 4.78 is 54.6. The third-order valence-corrected chi connectivity index (χ3v) is 13.0. The summed E-state index contributed by atoms with van der Waals surface area (Å²) in [6.07, 6.45) is 4.18. The van der Waals surface area contributed by atoms with Crippen molar-refractivity contribution < 1.29 is 61.2 Å². The molecule has 9 rings (SSSR count). The molecule has 9 aromatic rings. The summed E-state index contributed by atoms with van der Waals surface area (Å²) >= 11 is 0. The predicted molar refractivity (Wildman–Crippen MR) is 314 cm³/mol. The minimum atomic E-state index is -4.62. The molecule has 0 unspecified atom stereocenters. The Morgan fingerprint density at radius 3 is 1.42 bits per heavy atom. The van der Waals surface area contributed by atoms with Gasteiger partial charge in [0.1, 0.15) is 11.4 Å². The van der Waals surface area contributed by atoms with Crippen molar-refractivity contribution >= 4 is 48.6 Å². The number of ether oxygens (including phenoxy) is 3. The second kappa shape index (κ2) is 26.8. The van der Waals surface area contributed by atoms with Crippen LogP contribution in [0.1, 0.15) is 95.8 Å². The Hall–Kier alpha value is -9.28. The first-order valence-electron chi connectivity index (χ1n) is 26.2. The van der Waals surface area contributed by atoms with Gasteiger partial charge in [-0.25, -0.2) is 4.98 Å². The average molecular weight is 1220 g/mol. The molecular formula is C66H59F3N8O6Ru. The van der Waals surface area contributed by atoms with E-state index < -0.39 is 11.9 Å². The Kier molecular flexibility index (Phi) is 19.8. The topological polar surface area (TPSA) is 174 Å². The molecular weight excluding hydrogens is 1160 g/mol. The fraction of sp³-hybridized carbons (Fsp3) is 0.197. The van der Waals surface area contributed by atoms with Gasteiger partial charge < -0.3 is 29.3 Å². The van der Waals surface area contributed by atoms with Gasteiger partial charge in [0.05, 0.1) is 46.8 Å². The van der Waals surface area contributed by atoms with Crippen molar-refractivity contribution in [2.24, 2.45) is 0 Å². The SMILES string of the molecule is CC(C)(C)c1c[c-]c(-c2nc(-c3ccc(N(c4ccc(C(C)(C)C)cc4)c4ccc(C(C)(C)C)cc4)cc3)cc(-c3cc(C(F)(F)F)n[n-]3)n2)cc1.O=CO/C=C/c1ccnc(-c2cc(OC=O)cc(-c3cc(/C=C/OC=O)ccn3)n2)c1.[Ru+2]. The van der Waals surface area contributed by atoms with Crippen LogP contribution in [0.3, 0.4) is 0 Å². The van der Waals surface area contributed by atoms with E-state index in [4.69, 9.17) is 9.72 Å². The number of carbonyl (C=O) groups excluding carboxylic acids is 3. The van der Waals surface area contributed by atoms with E-state index in [0.29, 0.717) is 59.3 Å². The van der Waals surface area contributed by atoms with E-state index in [9.17, 15) is 27.6 Å². The third kappa shape index (κ3) is 16.0. The number of benzene rings is 4. The summed E-state index contributed by atoms with van der Waals surface area (Å²) in [6.45, 7) is 20.5. The van der Waals surface area contributed by atoms with Gasteiger partial charge in [-0.3, -0.25) is 34.3 Å². The maximum atomic E-state index is 13.5. The van der Waals surface area contributed by atoms with Crippen molar-refractivity contribution in [3.05, 3.63) is 204 Å². The molecule has 84 heavy (non-hydrogen) atoms. The average Bonchev–Trinajstić information content (AvgIpc) is 2.90. The van der Waals surface area contributed by atoms with Crippen molar-refractivity contribution in [3.8, 4) is 62.6 Å². The Balaban J connectivity index is 0.000000270. The molecule has 0 atom stereocenters. The Labute approximate surface area is 498 Å². The van der Waals surface area contributed by atoms with Gasteiger partial charge in [0.25, 0.3) is 19.4 Å². The standard InChI is InChI=1S/C44H44F3N5.C22H15N3O6.Ru/c1-41(2,3)30-14-10-29(11-15-30)40-48-36(26-37(49-40)38-27-39(51-50-38)44(45,46)47)28-12-20-33(21-13-28)52(34-22-16-31(17-23-34)42(4,5)6)35-24-18-32(19-25-35)43(7,8)9;26-13-29-7-3-16-1-5-23-19(9-16)21-11-18(31-15-28)12-22(25-21)20-10-17(2-6-24-20)4-8-30-14-27;/h10,12-27H,1-9H3;1-15H;/q-2;;+2/b;7-3+,8-4+;. The second-order valence-corrected chi connectivity index (χ2v) is 22.1. The molecule has 0 N–H and O–H groups in total. The van der Waals surface area contributed by atoms with E-state index in [1.54, 1.807) is 67.0 Å². The van der Waals surface area contributed by atoms with Gasteiger partial charge in [0.2, 0.25) is 0 Å². The zero-order valence-corrected chi connectivity index (χ0v) is 49.2. The number of rotatable bonds is 16. The quantitative estimate of drug-likeness (QED) is 0.0387. The number of carbonyl (C=O) groups is 3. The summed E-state index contributed by atoms with van der Waals surface area (Å²) in [4.78, 5) is 56.4. The number of anilines is 3. The minimum absolute atomic E-state index is 0. The van der Waals surface area contributed by atoms with Crippen LogP contribution < -0.4 is 14.7 Å². The molecule has 428 valence electrons. The predicted octanol–water partition coefficient (Wildman–Crippen LogP) is 15.0. The maximum Gasteiger partial charge on any atom is 2.00 e. The van der Waals surface area contributed by atoms with Crippen molar-refractivity contribution in [2.75, 3.05) is 4.90 Å². The normalized spacial score (nSPS) is 11.8. The van der Waals surface area contributed by atoms with E-state index in [1.807, 2.05) is 42.5 Å². The Morgan fingerprint density at radius 1 is 0.512 bits per heavy atom. The van der Waals surface area contributed by atoms with Gasteiger partial charge in [-0.05, 0) is 129 Å². The number of nitrogens with zero attached hydrogens (tertiary/aromatic N) is 8. The van der Waals surface area contributed by atoms with E-state index in [1.165, 1.54) is 23.7 Å². The molecule has 0 spiro atoms.